The van der Waals surface area contributed by atoms with Gasteiger partial charge in [0, 0.05) is 11.4 Å². The second-order valence-corrected chi connectivity index (χ2v) is 7.08. The van der Waals surface area contributed by atoms with Crippen LogP contribution in [-0.4, -0.2) is 36.7 Å². The van der Waals surface area contributed by atoms with Gasteiger partial charge in [0.25, 0.3) is 0 Å². The van der Waals surface area contributed by atoms with Crippen LogP contribution in [0.2, 0.25) is 0 Å². The minimum Gasteiger partial charge on any atom is -0.453 e. The van der Waals surface area contributed by atoms with Gasteiger partial charge in [-0.1, -0.05) is 48.2 Å². The highest BCUT2D eigenvalue weighted by atomic mass is 32.2. The van der Waals surface area contributed by atoms with Crippen molar-refractivity contribution in [3.63, 3.8) is 0 Å². The maximum Gasteiger partial charge on any atom is 0.357 e. The standard InChI is InChI=1S/C21H19N7O2S/c1-31-21-23-12-16(28(21)15-10-6-3-7-11-15)18(29)30-13-17-25-19(22)27-20(26-17)24-14-8-4-2-5-9-14/h2-12H,13H2,1H3,(H3,22,24,25,26,27). The van der Waals surface area contributed by atoms with Gasteiger partial charge >= 0.3 is 5.97 Å². The van der Waals surface area contributed by atoms with Crippen molar-refractivity contribution in [2.75, 3.05) is 17.3 Å². The first kappa shape index (κ1) is 20.4. The van der Waals surface area contributed by atoms with E-state index in [9.17, 15) is 4.79 Å². The topological polar surface area (TPSA) is 121 Å². The molecule has 4 rings (SSSR count). The molecule has 4 aromatic rings. The number of imidazole rings is 1. The average Bonchev–Trinajstić information content (AvgIpc) is 3.23. The molecule has 0 amide bonds. The molecule has 0 aliphatic heterocycles. The third-order valence-electron chi connectivity index (χ3n) is 4.20. The second-order valence-electron chi connectivity index (χ2n) is 6.30. The summed E-state index contributed by atoms with van der Waals surface area (Å²) in [5.41, 5.74) is 7.71. The van der Waals surface area contributed by atoms with Crippen molar-refractivity contribution in [1.29, 1.82) is 0 Å². The van der Waals surface area contributed by atoms with Crippen LogP contribution in [0.3, 0.4) is 0 Å². The van der Waals surface area contributed by atoms with E-state index >= 15 is 0 Å². The van der Waals surface area contributed by atoms with Gasteiger partial charge in [-0.3, -0.25) is 4.57 Å². The lowest BCUT2D eigenvalue weighted by molar-refractivity contribution is 0.0452. The maximum atomic E-state index is 12.8. The van der Waals surface area contributed by atoms with E-state index < -0.39 is 5.97 Å². The Hall–Kier alpha value is -3.92. The van der Waals surface area contributed by atoms with Gasteiger partial charge in [-0.25, -0.2) is 9.78 Å². The molecule has 0 unspecified atom stereocenters. The zero-order valence-electron chi connectivity index (χ0n) is 16.6. The number of ether oxygens (including phenoxy) is 1. The Morgan fingerprint density at radius 3 is 2.48 bits per heavy atom. The fourth-order valence-corrected chi connectivity index (χ4v) is 3.41. The number of benzene rings is 2. The number of rotatable bonds is 7. The van der Waals surface area contributed by atoms with Gasteiger partial charge in [0.05, 0.1) is 6.20 Å². The van der Waals surface area contributed by atoms with Crippen molar-refractivity contribution in [3.8, 4) is 5.69 Å². The lowest BCUT2D eigenvalue weighted by Crippen LogP contribution is -2.14. The van der Waals surface area contributed by atoms with E-state index in [-0.39, 0.29) is 24.3 Å². The first-order valence-corrected chi connectivity index (χ1v) is 10.5. The van der Waals surface area contributed by atoms with Crippen LogP contribution in [-0.2, 0) is 11.3 Å². The van der Waals surface area contributed by atoms with Crippen molar-refractivity contribution in [3.05, 3.63) is 78.4 Å². The predicted octanol–water partition coefficient (Wildman–Crippen LogP) is 3.46. The first-order valence-electron chi connectivity index (χ1n) is 9.31. The van der Waals surface area contributed by atoms with Crippen LogP contribution < -0.4 is 11.1 Å². The van der Waals surface area contributed by atoms with Crippen LogP contribution in [0, 0.1) is 0 Å². The van der Waals surface area contributed by atoms with E-state index in [0.29, 0.717) is 10.9 Å². The largest absolute Gasteiger partial charge is 0.453 e. The number of carbonyl (C=O) groups is 1. The molecular formula is C21H19N7O2S. The van der Waals surface area contributed by atoms with Crippen molar-refractivity contribution in [2.45, 2.75) is 11.8 Å². The summed E-state index contributed by atoms with van der Waals surface area (Å²) in [6, 6.07) is 18.9. The summed E-state index contributed by atoms with van der Waals surface area (Å²) in [5, 5.41) is 3.72. The fraction of sp³-hybridized carbons (Fsp3) is 0.0952. The molecule has 0 bridgehead atoms. The number of esters is 1. The summed E-state index contributed by atoms with van der Waals surface area (Å²) in [6.45, 7) is -0.163. The third kappa shape index (κ3) is 4.81. The van der Waals surface area contributed by atoms with Gasteiger partial charge in [-0.2, -0.15) is 15.0 Å². The summed E-state index contributed by atoms with van der Waals surface area (Å²) >= 11 is 1.43. The summed E-state index contributed by atoms with van der Waals surface area (Å²) in [7, 11) is 0. The molecule has 0 spiro atoms. The molecule has 31 heavy (non-hydrogen) atoms. The molecule has 0 atom stereocenters. The molecule has 9 nitrogen and oxygen atoms in total. The van der Waals surface area contributed by atoms with Crippen LogP contribution >= 0.6 is 11.8 Å². The fourth-order valence-electron chi connectivity index (χ4n) is 2.86. The molecule has 10 heteroatoms. The number of hydrogen-bond donors (Lipinski definition) is 2. The monoisotopic (exact) mass is 433 g/mol. The summed E-state index contributed by atoms with van der Waals surface area (Å²) in [4.78, 5) is 29.5. The number of nitrogens with zero attached hydrogens (tertiary/aromatic N) is 5. The Morgan fingerprint density at radius 2 is 1.77 bits per heavy atom. The van der Waals surface area contributed by atoms with Crippen LogP contribution in [0.25, 0.3) is 5.69 Å². The van der Waals surface area contributed by atoms with Gasteiger partial charge < -0.3 is 15.8 Å². The van der Waals surface area contributed by atoms with Crippen LogP contribution in [0.1, 0.15) is 16.3 Å². The predicted molar refractivity (Wildman–Crippen MR) is 118 cm³/mol. The number of hydrogen-bond acceptors (Lipinski definition) is 9. The van der Waals surface area contributed by atoms with Gasteiger partial charge in [-0.15, -0.1) is 0 Å². The Kier molecular flexibility index (Phi) is 6.08. The smallest absolute Gasteiger partial charge is 0.357 e. The van der Waals surface area contributed by atoms with Crippen molar-refractivity contribution in [1.82, 2.24) is 24.5 Å². The van der Waals surface area contributed by atoms with Gasteiger partial charge in [0.2, 0.25) is 11.9 Å². The third-order valence-corrected chi connectivity index (χ3v) is 4.85. The molecule has 0 saturated heterocycles. The van der Waals surface area contributed by atoms with Gasteiger partial charge in [0.15, 0.2) is 23.3 Å². The summed E-state index contributed by atoms with van der Waals surface area (Å²) in [5.74, 6) is -0.0226. The van der Waals surface area contributed by atoms with E-state index in [4.69, 9.17) is 10.5 Å². The molecule has 2 aromatic heterocycles. The lowest BCUT2D eigenvalue weighted by atomic mass is 10.3. The molecule has 0 aliphatic rings. The molecule has 3 N–H and O–H groups in total. The molecule has 156 valence electrons. The van der Waals surface area contributed by atoms with Crippen LogP contribution in [0.5, 0.6) is 0 Å². The Morgan fingerprint density at radius 1 is 1.06 bits per heavy atom. The molecule has 0 fully saturated rings. The summed E-state index contributed by atoms with van der Waals surface area (Å²) in [6.07, 6.45) is 3.39. The van der Waals surface area contributed by atoms with Gasteiger partial charge in [0.1, 0.15) is 0 Å². The number of nitrogen functional groups attached to an aromatic ring is 1. The Balaban J connectivity index is 1.51. The quantitative estimate of drug-likeness (QED) is 0.333. The minimum atomic E-state index is -0.548. The Labute approximate surface area is 182 Å². The SMILES string of the molecule is CSc1ncc(C(=O)OCc2nc(N)nc(Nc3ccccc3)n2)n1-c1ccccc1. The molecule has 2 heterocycles. The number of thioether (sulfide) groups is 1. The zero-order chi connectivity index (χ0) is 21.6. The minimum absolute atomic E-state index is 0.0264. The number of aromatic nitrogens is 5. The highest BCUT2D eigenvalue weighted by Crippen LogP contribution is 2.22. The molecule has 2 aromatic carbocycles. The highest BCUT2D eigenvalue weighted by molar-refractivity contribution is 7.98. The van der Waals surface area contributed by atoms with E-state index in [1.165, 1.54) is 18.0 Å². The number of nitrogens with two attached hydrogens (primary N) is 1. The normalized spacial score (nSPS) is 10.6. The number of anilines is 3. The highest BCUT2D eigenvalue weighted by Gasteiger charge is 2.19. The van der Waals surface area contributed by atoms with Crippen molar-refractivity contribution in [2.24, 2.45) is 0 Å². The van der Waals surface area contributed by atoms with Gasteiger partial charge in [-0.05, 0) is 30.5 Å². The molecule has 0 aliphatic carbocycles. The number of para-hydroxylation sites is 2. The lowest BCUT2D eigenvalue weighted by Gasteiger charge is -2.11. The molecular weight excluding hydrogens is 414 g/mol. The zero-order valence-corrected chi connectivity index (χ0v) is 17.4. The summed E-state index contributed by atoms with van der Waals surface area (Å²) < 4.78 is 7.20. The van der Waals surface area contributed by atoms with E-state index in [1.807, 2.05) is 66.9 Å². The van der Waals surface area contributed by atoms with Crippen LogP contribution in [0.15, 0.2) is 72.0 Å². The van der Waals surface area contributed by atoms with E-state index in [0.717, 1.165) is 11.4 Å². The van der Waals surface area contributed by atoms with Crippen LogP contribution in [0.4, 0.5) is 17.6 Å². The van der Waals surface area contributed by atoms with E-state index in [2.05, 4.69) is 25.3 Å². The average molecular weight is 433 g/mol. The second kappa shape index (κ2) is 9.26. The maximum absolute atomic E-state index is 12.8. The number of carbonyl (C=O) groups excluding carboxylic acids is 1. The van der Waals surface area contributed by atoms with Crippen molar-refractivity contribution >= 4 is 35.3 Å². The first-order chi connectivity index (χ1) is 15.1. The van der Waals surface area contributed by atoms with E-state index in [1.54, 1.807) is 4.57 Å². The molecule has 0 saturated carbocycles. The Bertz CT molecular complexity index is 1180. The number of nitrogens with one attached hydrogen (secondary N) is 1. The molecule has 0 radical (unpaired) electrons. The van der Waals surface area contributed by atoms with Crippen molar-refractivity contribution < 1.29 is 9.53 Å².